The number of ether oxygens (including phenoxy) is 1. The van der Waals surface area contributed by atoms with Gasteiger partial charge in [0.25, 0.3) is 0 Å². The summed E-state index contributed by atoms with van der Waals surface area (Å²) in [6.45, 7) is 2.34. The van der Waals surface area contributed by atoms with Crippen LogP contribution >= 0.6 is 0 Å². The Balaban J connectivity index is 2.01. The van der Waals surface area contributed by atoms with Crippen LogP contribution in [-0.4, -0.2) is 29.9 Å². The molecule has 1 heterocycles. The van der Waals surface area contributed by atoms with Crippen LogP contribution in [-0.2, 0) is 26.3 Å². The van der Waals surface area contributed by atoms with E-state index in [-0.39, 0.29) is 12.1 Å². The van der Waals surface area contributed by atoms with E-state index in [2.05, 4.69) is 20.7 Å². The average molecular weight is 369 g/mol. The minimum Gasteiger partial charge on any atom is -0.496 e. The van der Waals surface area contributed by atoms with E-state index in [1.165, 1.54) is 13.2 Å². The molecule has 26 heavy (non-hydrogen) atoms. The molecular weight excluding hydrogens is 347 g/mol. The highest BCUT2D eigenvalue weighted by Gasteiger charge is 2.36. The molecule has 2 rings (SSSR count). The standard InChI is InChI=1S/C17H22F3N5O/c1-11-5-6-12(14(7-11)26-4)8-22-16(21-2)23-9-13-10-25(3)24-15(13)17(18,19)20/h5-7,10H,8-9H2,1-4H3,(H2,21,22,23). The van der Waals surface area contributed by atoms with Crippen LogP contribution in [0.5, 0.6) is 5.75 Å². The molecule has 9 heteroatoms. The summed E-state index contributed by atoms with van der Waals surface area (Å²) in [5, 5.41) is 9.43. The number of nitrogens with one attached hydrogen (secondary N) is 2. The third kappa shape index (κ3) is 4.90. The molecule has 2 aromatic rings. The Morgan fingerprint density at radius 2 is 1.88 bits per heavy atom. The molecule has 2 N–H and O–H groups in total. The summed E-state index contributed by atoms with van der Waals surface area (Å²) >= 11 is 0. The summed E-state index contributed by atoms with van der Waals surface area (Å²) in [6, 6.07) is 5.80. The van der Waals surface area contributed by atoms with Gasteiger partial charge in [-0.1, -0.05) is 12.1 Å². The Labute approximate surface area is 150 Å². The first-order valence-electron chi connectivity index (χ1n) is 7.92. The number of methoxy groups -OCH3 is 1. The SMILES string of the molecule is CN=C(NCc1ccc(C)cc1OC)NCc1cn(C)nc1C(F)(F)F. The normalized spacial score (nSPS) is 12.2. The van der Waals surface area contributed by atoms with E-state index >= 15 is 0 Å². The number of hydrogen-bond donors (Lipinski definition) is 2. The molecule has 0 aliphatic carbocycles. The van der Waals surface area contributed by atoms with Gasteiger partial charge in [-0.05, 0) is 18.6 Å². The Morgan fingerprint density at radius 3 is 2.46 bits per heavy atom. The maximum Gasteiger partial charge on any atom is 0.435 e. The zero-order chi connectivity index (χ0) is 19.3. The molecule has 1 aromatic carbocycles. The van der Waals surface area contributed by atoms with E-state index in [1.807, 2.05) is 25.1 Å². The number of hydrogen-bond acceptors (Lipinski definition) is 3. The fourth-order valence-electron chi connectivity index (χ4n) is 2.48. The van der Waals surface area contributed by atoms with Crippen LogP contribution in [0.15, 0.2) is 29.4 Å². The maximum absolute atomic E-state index is 13.0. The lowest BCUT2D eigenvalue weighted by molar-refractivity contribution is -0.142. The summed E-state index contributed by atoms with van der Waals surface area (Å²) in [5.41, 5.74) is 1.14. The summed E-state index contributed by atoms with van der Waals surface area (Å²) in [6.07, 6.45) is -3.16. The molecule has 6 nitrogen and oxygen atoms in total. The van der Waals surface area contributed by atoms with E-state index in [9.17, 15) is 13.2 Å². The highest BCUT2D eigenvalue weighted by Crippen LogP contribution is 2.30. The van der Waals surface area contributed by atoms with Crippen LogP contribution in [0.3, 0.4) is 0 Å². The summed E-state index contributed by atoms with van der Waals surface area (Å²) in [7, 11) is 4.59. The van der Waals surface area contributed by atoms with E-state index < -0.39 is 11.9 Å². The Morgan fingerprint density at radius 1 is 1.23 bits per heavy atom. The zero-order valence-electron chi connectivity index (χ0n) is 15.1. The van der Waals surface area contributed by atoms with E-state index in [0.29, 0.717) is 12.5 Å². The number of guanidine groups is 1. The molecule has 1 aromatic heterocycles. The van der Waals surface area contributed by atoms with Crippen molar-refractivity contribution in [1.82, 2.24) is 20.4 Å². The largest absolute Gasteiger partial charge is 0.496 e. The first-order chi connectivity index (χ1) is 12.2. The van der Waals surface area contributed by atoms with Gasteiger partial charge in [0.2, 0.25) is 0 Å². The lowest BCUT2D eigenvalue weighted by atomic mass is 10.1. The molecule has 0 unspecified atom stereocenters. The monoisotopic (exact) mass is 369 g/mol. The third-order valence-corrected chi connectivity index (χ3v) is 3.73. The molecule has 0 amide bonds. The zero-order valence-corrected chi connectivity index (χ0v) is 15.1. The van der Waals surface area contributed by atoms with Crippen LogP contribution in [0.2, 0.25) is 0 Å². The third-order valence-electron chi connectivity index (χ3n) is 3.73. The van der Waals surface area contributed by atoms with Gasteiger partial charge in [0, 0.05) is 44.5 Å². The van der Waals surface area contributed by atoms with Gasteiger partial charge in [-0.15, -0.1) is 0 Å². The smallest absolute Gasteiger partial charge is 0.435 e. The maximum atomic E-state index is 13.0. The van der Waals surface area contributed by atoms with Gasteiger partial charge >= 0.3 is 6.18 Å². The number of aliphatic imine (C=N–C) groups is 1. The van der Waals surface area contributed by atoms with Crippen molar-refractivity contribution in [1.29, 1.82) is 0 Å². The number of alkyl halides is 3. The van der Waals surface area contributed by atoms with Gasteiger partial charge in [0.05, 0.1) is 7.11 Å². The van der Waals surface area contributed by atoms with Gasteiger partial charge < -0.3 is 15.4 Å². The average Bonchev–Trinajstić information content (AvgIpc) is 2.97. The topological polar surface area (TPSA) is 63.5 Å². The van der Waals surface area contributed by atoms with E-state index in [1.54, 1.807) is 14.2 Å². The number of benzene rings is 1. The first kappa shape index (κ1) is 19.6. The van der Waals surface area contributed by atoms with Crippen LogP contribution in [0.1, 0.15) is 22.4 Å². The summed E-state index contributed by atoms with van der Waals surface area (Å²) in [5.74, 6) is 1.11. The van der Waals surface area contributed by atoms with Gasteiger partial charge in [-0.25, -0.2) is 0 Å². The number of aryl methyl sites for hydroxylation is 2. The fraction of sp³-hybridized carbons (Fsp3) is 0.412. The minimum absolute atomic E-state index is 0.0482. The second-order valence-corrected chi connectivity index (χ2v) is 5.77. The van der Waals surface area contributed by atoms with Crippen molar-refractivity contribution in [3.63, 3.8) is 0 Å². The fourth-order valence-corrected chi connectivity index (χ4v) is 2.48. The molecule has 0 bridgehead atoms. The summed E-state index contributed by atoms with van der Waals surface area (Å²) < 4.78 is 45.5. The molecule has 142 valence electrons. The van der Waals surface area contributed by atoms with Crippen molar-refractivity contribution < 1.29 is 17.9 Å². The van der Waals surface area contributed by atoms with Gasteiger partial charge in [-0.3, -0.25) is 9.67 Å². The van der Waals surface area contributed by atoms with Crippen molar-refractivity contribution in [3.8, 4) is 5.75 Å². The predicted molar refractivity (Wildman–Crippen MR) is 93.0 cm³/mol. The molecule has 0 spiro atoms. The molecule has 0 atom stereocenters. The lowest BCUT2D eigenvalue weighted by Gasteiger charge is -2.14. The molecule has 0 saturated heterocycles. The molecule has 0 saturated carbocycles. The second-order valence-electron chi connectivity index (χ2n) is 5.77. The predicted octanol–water partition coefficient (Wildman–Crippen LogP) is 2.62. The molecule has 0 radical (unpaired) electrons. The number of nitrogens with zero attached hydrogens (tertiary/aromatic N) is 3. The number of halogens is 3. The minimum atomic E-state index is -4.50. The second kappa shape index (κ2) is 8.11. The van der Waals surface area contributed by atoms with Crippen molar-refractivity contribution in [2.75, 3.05) is 14.2 Å². The van der Waals surface area contributed by atoms with Crippen LogP contribution in [0.4, 0.5) is 13.2 Å². The quantitative estimate of drug-likeness (QED) is 0.628. The number of aromatic nitrogens is 2. The Kier molecular flexibility index (Phi) is 6.12. The van der Waals surface area contributed by atoms with E-state index in [0.717, 1.165) is 21.6 Å². The van der Waals surface area contributed by atoms with Crippen molar-refractivity contribution in [2.24, 2.45) is 12.0 Å². The Bertz CT molecular complexity index is 783. The molecule has 0 fully saturated rings. The van der Waals surface area contributed by atoms with Gasteiger partial charge in [0.1, 0.15) is 5.75 Å². The number of rotatable bonds is 5. The van der Waals surface area contributed by atoms with Crippen LogP contribution in [0, 0.1) is 6.92 Å². The highest BCUT2D eigenvalue weighted by atomic mass is 19.4. The van der Waals surface area contributed by atoms with Crippen molar-refractivity contribution in [3.05, 3.63) is 46.8 Å². The van der Waals surface area contributed by atoms with Crippen molar-refractivity contribution >= 4 is 5.96 Å². The van der Waals surface area contributed by atoms with Gasteiger partial charge in [-0.2, -0.15) is 18.3 Å². The first-order valence-corrected chi connectivity index (χ1v) is 7.92. The summed E-state index contributed by atoms with van der Waals surface area (Å²) in [4.78, 5) is 4.04. The molecular formula is C17H22F3N5O. The molecule has 0 aliphatic heterocycles. The van der Waals surface area contributed by atoms with Crippen molar-refractivity contribution in [2.45, 2.75) is 26.2 Å². The lowest BCUT2D eigenvalue weighted by Crippen LogP contribution is -2.36. The van der Waals surface area contributed by atoms with Gasteiger partial charge in [0.15, 0.2) is 11.7 Å². The van der Waals surface area contributed by atoms with E-state index in [4.69, 9.17) is 4.74 Å². The highest BCUT2D eigenvalue weighted by molar-refractivity contribution is 5.79. The van der Waals surface area contributed by atoms with Crippen LogP contribution < -0.4 is 15.4 Å². The Hall–Kier alpha value is -2.71. The van der Waals surface area contributed by atoms with Crippen LogP contribution in [0.25, 0.3) is 0 Å². The molecule has 0 aliphatic rings.